The maximum atomic E-state index is 12.9. The molecule has 9 heteroatoms. The van der Waals surface area contributed by atoms with E-state index in [4.69, 9.17) is 0 Å². The standard InChI is InChI=1S/C22H26N4O3S.ClH/c23-11-12-24-22(29)17(14-16-6-2-1-3-7-16)25-20(27)15-26-18-8-4-5-9-19(18)30-13-10-21(26)28;/h1-9,17H,10-15,23H2,(H,24,29)(H,25,27);1H/t17-;/m0./s1. The Hall–Kier alpha value is -2.55. The zero-order chi connectivity index (χ0) is 21.3. The minimum Gasteiger partial charge on any atom is -1.00 e. The average Bonchev–Trinajstić information content (AvgIpc) is 2.91. The number of thioether (sulfide) groups is 1. The summed E-state index contributed by atoms with van der Waals surface area (Å²) < 4.78 is 0. The number of benzene rings is 2. The van der Waals surface area contributed by atoms with Gasteiger partial charge >= 0.3 is 0 Å². The Morgan fingerprint density at radius 3 is 2.55 bits per heavy atom. The summed E-state index contributed by atoms with van der Waals surface area (Å²) in [6.07, 6.45) is 0.736. The van der Waals surface area contributed by atoms with Crippen LogP contribution in [0, 0.1) is 0 Å². The van der Waals surface area contributed by atoms with Crippen LogP contribution in [0.25, 0.3) is 0 Å². The lowest BCUT2D eigenvalue weighted by Gasteiger charge is -2.24. The van der Waals surface area contributed by atoms with E-state index in [1.54, 1.807) is 11.8 Å². The van der Waals surface area contributed by atoms with Gasteiger partial charge in [-0.3, -0.25) is 14.4 Å². The minimum atomic E-state index is -0.724. The third kappa shape index (κ3) is 6.99. The Morgan fingerprint density at radius 2 is 1.81 bits per heavy atom. The van der Waals surface area contributed by atoms with E-state index in [1.165, 1.54) is 4.90 Å². The lowest BCUT2D eigenvalue weighted by atomic mass is 10.1. The number of carbonyl (C=O) groups excluding carboxylic acids is 3. The summed E-state index contributed by atoms with van der Waals surface area (Å²) in [4.78, 5) is 40.6. The molecule has 7 nitrogen and oxygen atoms in total. The van der Waals surface area contributed by atoms with E-state index in [-0.39, 0.29) is 36.7 Å². The molecule has 1 aliphatic heterocycles. The molecule has 1 aliphatic rings. The van der Waals surface area contributed by atoms with Gasteiger partial charge in [0, 0.05) is 23.5 Å². The third-order valence-corrected chi connectivity index (χ3v) is 5.81. The first-order valence-corrected chi connectivity index (χ1v) is 11.0. The Bertz CT molecular complexity index is 897. The number of nitrogens with zero attached hydrogens (tertiary/aromatic N) is 1. The molecule has 0 aromatic heterocycles. The predicted octanol–water partition coefficient (Wildman–Crippen LogP) is -2.39. The fourth-order valence-electron chi connectivity index (χ4n) is 3.27. The molecule has 0 bridgehead atoms. The largest absolute Gasteiger partial charge is 1.00 e. The van der Waals surface area contributed by atoms with Crippen LogP contribution in [0.4, 0.5) is 5.69 Å². The second-order valence-corrected chi connectivity index (χ2v) is 8.14. The molecular formula is C22H27ClN4O3S. The van der Waals surface area contributed by atoms with Crippen molar-refractivity contribution in [1.29, 1.82) is 0 Å². The second-order valence-electron chi connectivity index (χ2n) is 7.00. The van der Waals surface area contributed by atoms with Gasteiger partial charge in [-0.2, -0.15) is 0 Å². The van der Waals surface area contributed by atoms with Crippen LogP contribution in [0.5, 0.6) is 0 Å². The number of amides is 3. The number of carbonyl (C=O) groups is 3. The zero-order valence-corrected chi connectivity index (χ0v) is 18.8. The van der Waals surface area contributed by atoms with Crippen LogP contribution in [-0.4, -0.2) is 49.2 Å². The van der Waals surface area contributed by atoms with Gasteiger partial charge in [0.05, 0.1) is 18.8 Å². The molecule has 0 saturated heterocycles. The molecule has 166 valence electrons. The van der Waals surface area contributed by atoms with Crippen LogP contribution in [0.15, 0.2) is 59.5 Å². The number of quaternary nitrogens is 1. The van der Waals surface area contributed by atoms with Crippen molar-refractivity contribution < 1.29 is 32.5 Å². The van der Waals surface area contributed by atoms with Gasteiger partial charge in [-0.15, -0.1) is 11.8 Å². The van der Waals surface area contributed by atoms with Crippen molar-refractivity contribution in [1.82, 2.24) is 10.6 Å². The predicted molar refractivity (Wildman–Crippen MR) is 117 cm³/mol. The summed E-state index contributed by atoms with van der Waals surface area (Å²) in [5.74, 6) is -0.0357. The number of hydrogen-bond acceptors (Lipinski definition) is 4. The monoisotopic (exact) mass is 462 g/mol. The molecule has 0 aliphatic carbocycles. The Balaban J connectivity index is 0.00000341. The van der Waals surface area contributed by atoms with Crippen molar-refractivity contribution in [2.45, 2.75) is 23.8 Å². The first-order chi connectivity index (χ1) is 14.6. The normalized spacial score (nSPS) is 14.0. The molecule has 1 atom stereocenters. The van der Waals surface area contributed by atoms with Crippen LogP contribution in [0.1, 0.15) is 12.0 Å². The minimum absolute atomic E-state index is 0. The summed E-state index contributed by atoms with van der Waals surface area (Å²) in [5, 5.41) is 5.62. The average molecular weight is 463 g/mol. The zero-order valence-electron chi connectivity index (χ0n) is 17.2. The first-order valence-electron chi connectivity index (χ1n) is 10.0. The molecule has 0 unspecified atom stereocenters. The van der Waals surface area contributed by atoms with Crippen LogP contribution in [0.3, 0.4) is 0 Å². The fraction of sp³-hybridized carbons (Fsp3) is 0.318. The van der Waals surface area contributed by atoms with Crippen LogP contribution < -0.4 is 33.7 Å². The van der Waals surface area contributed by atoms with Crippen LogP contribution in [0.2, 0.25) is 0 Å². The smallest absolute Gasteiger partial charge is 0.243 e. The van der Waals surface area contributed by atoms with E-state index in [0.29, 0.717) is 31.7 Å². The van der Waals surface area contributed by atoms with E-state index in [2.05, 4.69) is 16.4 Å². The van der Waals surface area contributed by atoms with Crippen molar-refractivity contribution in [3.8, 4) is 0 Å². The van der Waals surface area contributed by atoms with Crippen molar-refractivity contribution in [3.63, 3.8) is 0 Å². The molecule has 0 saturated carbocycles. The molecule has 1 heterocycles. The fourth-order valence-corrected chi connectivity index (χ4v) is 4.27. The molecule has 3 amide bonds. The number of hydrogen-bond donors (Lipinski definition) is 3. The van der Waals surface area contributed by atoms with Crippen molar-refractivity contribution >= 4 is 35.2 Å². The number of nitrogens with one attached hydrogen (secondary N) is 2. The van der Waals surface area contributed by atoms with Crippen LogP contribution >= 0.6 is 11.8 Å². The lowest BCUT2D eigenvalue weighted by molar-refractivity contribution is -0.364. The Morgan fingerprint density at radius 1 is 1.10 bits per heavy atom. The highest BCUT2D eigenvalue weighted by Crippen LogP contribution is 2.33. The number of anilines is 1. The van der Waals surface area contributed by atoms with Crippen LogP contribution in [-0.2, 0) is 20.8 Å². The number of fused-ring (bicyclic) bond motifs is 1. The highest BCUT2D eigenvalue weighted by Gasteiger charge is 2.27. The molecule has 0 fully saturated rings. The maximum Gasteiger partial charge on any atom is 0.243 e. The van der Waals surface area contributed by atoms with Gasteiger partial charge in [0.15, 0.2) is 0 Å². The van der Waals surface area contributed by atoms with E-state index in [0.717, 1.165) is 16.1 Å². The van der Waals surface area contributed by atoms with Gasteiger partial charge in [0.1, 0.15) is 12.6 Å². The second kappa shape index (κ2) is 12.3. The molecule has 0 radical (unpaired) electrons. The summed E-state index contributed by atoms with van der Waals surface area (Å²) in [5.41, 5.74) is 5.41. The lowest BCUT2D eigenvalue weighted by Crippen LogP contribution is -3.00. The topological polar surface area (TPSA) is 106 Å². The molecular weight excluding hydrogens is 436 g/mol. The van der Waals surface area contributed by atoms with E-state index < -0.39 is 6.04 Å². The van der Waals surface area contributed by atoms with Gasteiger partial charge in [0.25, 0.3) is 0 Å². The van der Waals surface area contributed by atoms with Gasteiger partial charge < -0.3 is 33.7 Å². The van der Waals surface area contributed by atoms with E-state index in [1.807, 2.05) is 54.6 Å². The van der Waals surface area contributed by atoms with E-state index in [9.17, 15) is 14.4 Å². The van der Waals surface area contributed by atoms with Gasteiger partial charge in [-0.25, -0.2) is 0 Å². The molecule has 31 heavy (non-hydrogen) atoms. The summed E-state index contributed by atoms with van der Waals surface area (Å²) >= 11 is 1.61. The molecule has 3 rings (SSSR count). The van der Waals surface area contributed by atoms with Gasteiger partial charge in [-0.05, 0) is 17.7 Å². The molecule has 2 aromatic carbocycles. The SMILES string of the molecule is [Cl-].[NH3+]CCNC(=O)[C@H](Cc1ccccc1)NC(=O)CN1C(=O)CCSc2ccccc21. The number of para-hydroxylation sites is 1. The van der Waals surface area contributed by atoms with Gasteiger partial charge in [-0.1, -0.05) is 42.5 Å². The summed E-state index contributed by atoms with van der Waals surface area (Å²) in [6, 6.07) is 16.4. The quantitative estimate of drug-likeness (QED) is 0.407. The van der Waals surface area contributed by atoms with Gasteiger partial charge in [0.2, 0.25) is 17.7 Å². The summed E-state index contributed by atoms with van der Waals surface area (Å²) in [6.45, 7) is 0.883. The highest BCUT2D eigenvalue weighted by molar-refractivity contribution is 7.99. The van der Waals surface area contributed by atoms with Crippen molar-refractivity contribution in [3.05, 3.63) is 60.2 Å². The molecule has 0 spiro atoms. The first kappa shape index (κ1) is 24.7. The highest BCUT2D eigenvalue weighted by atomic mass is 35.5. The Kier molecular flexibility index (Phi) is 9.84. The van der Waals surface area contributed by atoms with E-state index >= 15 is 0 Å². The van der Waals surface area contributed by atoms with Crippen molar-refractivity contribution in [2.24, 2.45) is 0 Å². The summed E-state index contributed by atoms with van der Waals surface area (Å²) in [7, 11) is 0. The number of rotatable bonds is 8. The molecule has 2 aromatic rings. The maximum absolute atomic E-state index is 12.9. The number of halogens is 1. The van der Waals surface area contributed by atoms with Crippen molar-refractivity contribution in [2.75, 3.05) is 30.3 Å². The third-order valence-electron chi connectivity index (χ3n) is 4.74. The Labute approximate surface area is 192 Å². The molecule has 5 N–H and O–H groups in total.